The quantitative estimate of drug-likeness (QED) is 0.805. The van der Waals surface area contributed by atoms with Gasteiger partial charge in [0, 0.05) is 32.2 Å². The molecule has 0 aliphatic carbocycles. The molecular weight excluding hydrogens is 256 g/mol. The number of rotatable bonds is 6. The lowest BCUT2D eigenvalue weighted by molar-refractivity contribution is -0.135. The number of anilines is 1. The number of hydrogen-bond donors (Lipinski definition) is 1. The van der Waals surface area contributed by atoms with Crippen molar-refractivity contribution in [1.29, 1.82) is 0 Å². The Kier molecular flexibility index (Phi) is 5.68. The predicted molar refractivity (Wildman–Crippen MR) is 78.1 cm³/mol. The summed E-state index contributed by atoms with van der Waals surface area (Å²) in [5, 5.41) is 3.06. The molecule has 1 heterocycles. The third-order valence-electron chi connectivity index (χ3n) is 3.31. The highest BCUT2D eigenvalue weighted by atomic mass is 16.5. The van der Waals surface area contributed by atoms with Gasteiger partial charge in [0.1, 0.15) is 5.75 Å². The molecule has 1 fully saturated rings. The summed E-state index contributed by atoms with van der Waals surface area (Å²) in [4.78, 5) is 13.8. The molecule has 1 N–H and O–H groups in total. The number of nitrogens with one attached hydrogen (secondary N) is 1. The summed E-state index contributed by atoms with van der Waals surface area (Å²) in [5.41, 5.74) is 1.06. The Morgan fingerprint density at radius 3 is 2.65 bits per heavy atom. The van der Waals surface area contributed by atoms with E-state index in [1.807, 2.05) is 36.2 Å². The van der Waals surface area contributed by atoms with Gasteiger partial charge >= 0.3 is 0 Å². The molecule has 0 spiro atoms. The van der Waals surface area contributed by atoms with Crippen molar-refractivity contribution in [3.8, 4) is 5.75 Å². The fourth-order valence-electron chi connectivity index (χ4n) is 2.10. The van der Waals surface area contributed by atoms with E-state index in [1.165, 1.54) is 0 Å². The van der Waals surface area contributed by atoms with E-state index < -0.39 is 0 Å². The molecule has 1 aromatic carbocycles. The van der Waals surface area contributed by atoms with Gasteiger partial charge in [0.25, 0.3) is 0 Å². The fraction of sp³-hybridized carbons (Fsp3) is 0.533. The summed E-state index contributed by atoms with van der Waals surface area (Å²) in [6, 6.07) is 7.79. The molecule has 0 bridgehead atoms. The second-order valence-corrected chi connectivity index (χ2v) is 4.72. The van der Waals surface area contributed by atoms with Crippen LogP contribution in [-0.4, -0.2) is 50.8 Å². The summed E-state index contributed by atoms with van der Waals surface area (Å²) >= 11 is 0. The van der Waals surface area contributed by atoms with E-state index in [-0.39, 0.29) is 5.91 Å². The van der Waals surface area contributed by atoms with E-state index in [4.69, 9.17) is 9.47 Å². The van der Waals surface area contributed by atoms with E-state index in [2.05, 4.69) is 5.32 Å². The molecule has 1 aromatic rings. The second kappa shape index (κ2) is 7.75. The minimum absolute atomic E-state index is 0.197. The van der Waals surface area contributed by atoms with E-state index in [9.17, 15) is 4.79 Å². The number of benzene rings is 1. The Morgan fingerprint density at radius 1 is 1.30 bits per heavy atom. The van der Waals surface area contributed by atoms with Gasteiger partial charge in [-0.05, 0) is 30.7 Å². The fourth-order valence-corrected chi connectivity index (χ4v) is 2.10. The summed E-state index contributed by atoms with van der Waals surface area (Å²) in [6.45, 7) is 3.30. The summed E-state index contributed by atoms with van der Waals surface area (Å²) in [7, 11) is 1.88. The standard InChI is InChI=1S/C15H22N2O3/c1-16-13-4-6-14(7-5-13)20-10-2-3-15(18)17-8-11-19-12-9-17/h4-7,16H,2-3,8-12H2,1H3. The topological polar surface area (TPSA) is 50.8 Å². The Balaban J connectivity index is 1.64. The van der Waals surface area contributed by atoms with Crippen molar-refractivity contribution < 1.29 is 14.3 Å². The molecule has 0 radical (unpaired) electrons. The van der Waals surface area contributed by atoms with Crippen molar-refractivity contribution in [3.05, 3.63) is 24.3 Å². The van der Waals surface area contributed by atoms with Crippen LogP contribution >= 0.6 is 0 Å². The van der Waals surface area contributed by atoms with Crippen LogP contribution in [0, 0.1) is 0 Å². The smallest absolute Gasteiger partial charge is 0.222 e. The third-order valence-corrected chi connectivity index (χ3v) is 3.31. The van der Waals surface area contributed by atoms with Crippen LogP contribution < -0.4 is 10.1 Å². The molecule has 20 heavy (non-hydrogen) atoms. The number of hydrogen-bond acceptors (Lipinski definition) is 4. The molecule has 0 unspecified atom stereocenters. The monoisotopic (exact) mass is 278 g/mol. The SMILES string of the molecule is CNc1ccc(OCCCC(=O)N2CCOCC2)cc1. The molecule has 1 saturated heterocycles. The minimum atomic E-state index is 0.197. The number of morpholine rings is 1. The van der Waals surface area contributed by atoms with E-state index in [0.717, 1.165) is 17.9 Å². The zero-order valence-electron chi connectivity index (χ0n) is 11.9. The summed E-state index contributed by atoms with van der Waals surface area (Å²) < 4.78 is 10.8. The molecule has 5 heteroatoms. The number of carbonyl (C=O) groups excluding carboxylic acids is 1. The van der Waals surface area contributed by atoms with Gasteiger partial charge in [-0.3, -0.25) is 4.79 Å². The van der Waals surface area contributed by atoms with Crippen LogP contribution in [0.15, 0.2) is 24.3 Å². The molecule has 1 aliphatic heterocycles. The number of amides is 1. The van der Waals surface area contributed by atoms with E-state index in [1.54, 1.807) is 0 Å². The van der Waals surface area contributed by atoms with Crippen LogP contribution in [0.1, 0.15) is 12.8 Å². The normalized spacial score (nSPS) is 14.9. The van der Waals surface area contributed by atoms with Gasteiger partial charge in [-0.25, -0.2) is 0 Å². The van der Waals surface area contributed by atoms with Crippen LogP contribution in [0.5, 0.6) is 5.75 Å². The van der Waals surface area contributed by atoms with Crippen molar-refractivity contribution in [3.63, 3.8) is 0 Å². The molecule has 110 valence electrons. The Hall–Kier alpha value is -1.75. The minimum Gasteiger partial charge on any atom is -0.494 e. The van der Waals surface area contributed by atoms with Gasteiger partial charge in [-0.15, -0.1) is 0 Å². The van der Waals surface area contributed by atoms with Gasteiger partial charge < -0.3 is 19.7 Å². The first-order valence-corrected chi connectivity index (χ1v) is 7.06. The zero-order chi connectivity index (χ0) is 14.2. The molecule has 2 rings (SSSR count). The molecule has 0 atom stereocenters. The maximum absolute atomic E-state index is 11.9. The first-order chi connectivity index (χ1) is 9.79. The number of nitrogens with zero attached hydrogens (tertiary/aromatic N) is 1. The van der Waals surface area contributed by atoms with Gasteiger partial charge in [0.2, 0.25) is 5.91 Å². The predicted octanol–water partition coefficient (Wildman–Crippen LogP) is 1.75. The Bertz CT molecular complexity index is 414. The van der Waals surface area contributed by atoms with Gasteiger partial charge in [0.05, 0.1) is 19.8 Å². The van der Waals surface area contributed by atoms with Gasteiger partial charge in [0.15, 0.2) is 0 Å². The zero-order valence-corrected chi connectivity index (χ0v) is 11.9. The van der Waals surface area contributed by atoms with Crippen molar-refractivity contribution >= 4 is 11.6 Å². The van der Waals surface area contributed by atoms with Crippen molar-refractivity contribution in [1.82, 2.24) is 4.90 Å². The molecule has 1 aliphatic rings. The van der Waals surface area contributed by atoms with Crippen LogP contribution in [0.25, 0.3) is 0 Å². The van der Waals surface area contributed by atoms with Crippen molar-refractivity contribution in [2.45, 2.75) is 12.8 Å². The van der Waals surface area contributed by atoms with Crippen molar-refractivity contribution in [2.75, 3.05) is 45.3 Å². The molecule has 0 aromatic heterocycles. The van der Waals surface area contributed by atoms with Crippen molar-refractivity contribution in [2.24, 2.45) is 0 Å². The Morgan fingerprint density at radius 2 is 2.00 bits per heavy atom. The lowest BCUT2D eigenvalue weighted by Crippen LogP contribution is -2.40. The molecule has 0 saturated carbocycles. The lowest BCUT2D eigenvalue weighted by Gasteiger charge is -2.26. The molecular formula is C15H22N2O3. The van der Waals surface area contributed by atoms with E-state index >= 15 is 0 Å². The first kappa shape index (κ1) is 14.7. The summed E-state index contributed by atoms with van der Waals surface area (Å²) in [5.74, 6) is 1.03. The van der Waals surface area contributed by atoms with Crippen LogP contribution in [-0.2, 0) is 9.53 Å². The highest BCUT2D eigenvalue weighted by Gasteiger charge is 2.15. The largest absolute Gasteiger partial charge is 0.494 e. The number of carbonyl (C=O) groups is 1. The lowest BCUT2D eigenvalue weighted by atomic mass is 10.2. The Labute approximate surface area is 119 Å². The molecule has 1 amide bonds. The average Bonchev–Trinajstić information content (AvgIpc) is 2.53. The second-order valence-electron chi connectivity index (χ2n) is 4.72. The first-order valence-electron chi connectivity index (χ1n) is 7.06. The van der Waals surface area contributed by atoms with Crippen LogP contribution in [0.2, 0.25) is 0 Å². The number of ether oxygens (including phenoxy) is 2. The van der Waals surface area contributed by atoms with E-state index in [0.29, 0.717) is 39.3 Å². The molecule has 5 nitrogen and oxygen atoms in total. The highest BCUT2D eigenvalue weighted by molar-refractivity contribution is 5.76. The van der Waals surface area contributed by atoms with Gasteiger partial charge in [-0.2, -0.15) is 0 Å². The third kappa shape index (κ3) is 4.42. The highest BCUT2D eigenvalue weighted by Crippen LogP contribution is 2.15. The average molecular weight is 278 g/mol. The summed E-state index contributed by atoms with van der Waals surface area (Å²) in [6.07, 6.45) is 1.28. The van der Waals surface area contributed by atoms with Crippen LogP contribution in [0.3, 0.4) is 0 Å². The van der Waals surface area contributed by atoms with Gasteiger partial charge in [-0.1, -0.05) is 0 Å². The maximum Gasteiger partial charge on any atom is 0.222 e. The maximum atomic E-state index is 11.9. The van der Waals surface area contributed by atoms with Crippen LogP contribution in [0.4, 0.5) is 5.69 Å².